The molecular weight excluding hydrogens is 274 g/mol. The molecule has 0 unspecified atom stereocenters. The first kappa shape index (κ1) is 14.5. The highest BCUT2D eigenvalue weighted by molar-refractivity contribution is 7.98. The van der Waals surface area contributed by atoms with Crippen LogP contribution in [0.25, 0.3) is 5.69 Å². The second kappa shape index (κ2) is 5.20. The topological polar surface area (TPSA) is 81.1 Å². The zero-order valence-corrected chi connectivity index (χ0v) is 12.7. The fourth-order valence-electron chi connectivity index (χ4n) is 2.43. The Hall–Kier alpha value is -1.95. The molecule has 6 heteroatoms. The van der Waals surface area contributed by atoms with E-state index in [4.69, 9.17) is 5.73 Å². The molecule has 1 aromatic carbocycles. The van der Waals surface area contributed by atoms with E-state index >= 15 is 0 Å². The van der Waals surface area contributed by atoms with Crippen molar-refractivity contribution in [2.45, 2.75) is 25.8 Å². The molecule has 0 radical (unpaired) electrons. The highest BCUT2D eigenvalue weighted by atomic mass is 32.2. The van der Waals surface area contributed by atoms with E-state index < -0.39 is 5.97 Å². The average Bonchev–Trinajstić information content (AvgIpc) is 2.65. The number of hydrogen-bond donors (Lipinski definition) is 2. The Morgan fingerprint density at radius 2 is 1.85 bits per heavy atom. The van der Waals surface area contributed by atoms with Crippen LogP contribution in [0.1, 0.15) is 27.0 Å². The quantitative estimate of drug-likeness (QED) is 0.850. The maximum absolute atomic E-state index is 11.3. The number of rotatable bonds is 3. The summed E-state index contributed by atoms with van der Waals surface area (Å²) in [4.78, 5) is 11.3. The van der Waals surface area contributed by atoms with Crippen LogP contribution in [0.4, 0.5) is 5.82 Å². The first-order valence-corrected chi connectivity index (χ1v) is 7.33. The minimum Gasteiger partial charge on any atom is -0.477 e. The summed E-state index contributed by atoms with van der Waals surface area (Å²) < 4.78 is 1.53. The molecule has 1 heterocycles. The number of nitrogens with two attached hydrogens (primary N) is 1. The van der Waals surface area contributed by atoms with Crippen molar-refractivity contribution >= 4 is 23.5 Å². The van der Waals surface area contributed by atoms with Gasteiger partial charge in [-0.2, -0.15) is 5.10 Å². The minimum absolute atomic E-state index is 0.0666. The van der Waals surface area contributed by atoms with Crippen LogP contribution in [0.3, 0.4) is 0 Å². The largest absolute Gasteiger partial charge is 0.477 e. The van der Waals surface area contributed by atoms with Crippen LogP contribution in [0.5, 0.6) is 0 Å². The van der Waals surface area contributed by atoms with Crippen molar-refractivity contribution in [1.29, 1.82) is 0 Å². The second-order valence-corrected chi connectivity index (χ2v) is 5.53. The summed E-state index contributed by atoms with van der Waals surface area (Å²) in [6.07, 6.45) is 1.79. The minimum atomic E-state index is -1.06. The normalized spacial score (nSPS) is 10.8. The van der Waals surface area contributed by atoms with E-state index in [-0.39, 0.29) is 11.4 Å². The van der Waals surface area contributed by atoms with Crippen LogP contribution in [0.2, 0.25) is 0 Å². The molecule has 0 spiro atoms. The van der Waals surface area contributed by atoms with Gasteiger partial charge in [0.05, 0.1) is 5.69 Å². The Bertz CT molecular complexity index is 669. The number of carboxylic acids is 1. The molecule has 0 saturated heterocycles. The third-order valence-electron chi connectivity index (χ3n) is 3.14. The van der Waals surface area contributed by atoms with Gasteiger partial charge in [0.2, 0.25) is 0 Å². The summed E-state index contributed by atoms with van der Waals surface area (Å²) >= 11 is 1.28. The monoisotopic (exact) mass is 291 g/mol. The van der Waals surface area contributed by atoms with Gasteiger partial charge in [0.15, 0.2) is 0 Å². The van der Waals surface area contributed by atoms with Crippen molar-refractivity contribution in [1.82, 2.24) is 9.78 Å². The first-order chi connectivity index (χ1) is 9.36. The molecule has 0 aliphatic rings. The van der Waals surface area contributed by atoms with Gasteiger partial charge in [-0.05, 0) is 38.2 Å². The zero-order valence-electron chi connectivity index (χ0n) is 11.9. The van der Waals surface area contributed by atoms with Gasteiger partial charge in [-0.1, -0.05) is 17.7 Å². The first-order valence-electron chi connectivity index (χ1n) is 6.10. The highest BCUT2D eigenvalue weighted by Gasteiger charge is 2.23. The molecule has 0 atom stereocenters. The Kier molecular flexibility index (Phi) is 3.76. The van der Waals surface area contributed by atoms with Crippen LogP contribution in [-0.2, 0) is 0 Å². The summed E-state index contributed by atoms with van der Waals surface area (Å²) in [6.45, 7) is 5.96. The molecule has 0 aliphatic carbocycles. The number of nitrogen functional groups attached to an aromatic ring is 1. The molecule has 3 N–H and O–H groups in total. The van der Waals surface area contributed by atoms with Crippen molar-refractivity contribution in [2.75, 3.05) is 12.0 Å². The van der Waals surface area contributed by atoms with Gasteiger partial charge in [0.25, 0.3) is 0 Å². The molecule has 106 valence electrons. The van der Waals surface area contributed by atoms with Crippen LogP contribution in [0.15, 0.2) is 17.2 Å². The van der Waals surface area contributed by atoms with Crippen LogP contribution in [0, 0.1) is 20.8 Å². The van der Waals surface area contributed by atoms with Crippen molar-refractivity contribution in [2.24, 2.45) is 0 Å². The van der Waals surface area contributed by atoms with Crippen molar-refractivity contribution in [3.63, 3.8) is 0 Å². The summed E-state index contributed by atoms with van der Waals surface area (Å²) in [5.74, 6) is -0.891. The standard InChI is InChI=1S/C14H17N3O2S/c1-7-5-8(2)11(9(3)6-7)17-12(15)10(14(18)19)13(16-17)20-4/h5-6H,15H2,1-4H3,(H,18,19). The highest BCUT2D eigenvalue weighted by Crippen LogP contribution is 2.30. The van der Waals surface area contributed by atoms with Crippen LogP contribution in [-0.4, -0.2) is 27.1 Å². The Morgan fingerprint density at radius 1 is 1.30 bits per heavy atom. The Balaban J connectivity index is 2.75. The van der Waals surface area contributed by atoms with E-state index in [9.17, 15) is 9.90 Å². The summed E-state index contributed by atoms with van der Waals surface area (Å²) in [6, 6.07) is 4.06. The molecule has 5 nitrogen and oxygen atoms in total. The van der Waals surface area contributed by atoms with Gasteiger partial charge < -0.3 is 10.8 Å². The van der Waals surface area contributed by atoms with Crippen molar-refractivity contribution < 1.29 is 9.90 Å². The average molecular weight is 291 g/mol. The molecule has 0 aliphatic heterocycles. The van der Waals surface area contributed by atoms with E-state index in [0.717, 1.165) is 22.4 Å². The number of carbonyl (C=O) groups is 1. The molecule has 0 saturated carbocycles. The molecular formula is C14H17N3O2S. The van der Waals surface area contributed by atoms with Gasteiger partial charge in [-0.15, -0.1) is 11.8 Å². The summed E-state index contributed by atoms with van der Waals surface area (Å²) in [5.41, 5.74) is 10.1. The molecule has 2 aromatic rings. The van der Waals surface area contributed by atoms with E-state index in [0.29, 0.717) is 5.03 Å². The van der Waals surface area contributed by atoms with E-state index in [1.807, 2.05) is 32.9 Å². The summed E-state index contributed by atoms with van der Waals surface area (Å²) in [7, 11) is 0. The lowest BCUT2D eigenvalue weighted by atomic mass is 10.1. The number of carboxylic acid groups (broad SMARTS) is 1. The Labute approximate surface area is 121 Å². The fraction of sp³-hybridized carbons (Fsp3) is 0.286. The van der Waals surface area contributed by atoms with E-state index in [1.54, 1.807) is 6.26 Å². The number of aromatic carboxylic acids is 1. The van der Waals surface area contributed by atoms with Gasteiger partial charge >= 0.3 is 5.97 Å². The third kappa shape index (κ3) is 2.27. The van der Waals surface area contributed by atoms with Crippen molar-refractivity contribution in [3.8, 4) is 5.69 Å². The number of anilines is 1. The molecule has 20 heavy (non-hydrogen) atoms. The Morgan fingerprint density at radius 3 is 2.25 bits per heavy atom. The maximum Gasteiger partial charge on any atom is 0.342 e. The molecule has 0 fully saturated rings. The molecule has 0 bridgehead atoms. The van der Waals surface area contributed by atoms with Gasteiger partial charge in [0.1, 0.15) is 16.4 Å². The van der Waals surface area contributed by atoms with Crippen LogP contribution >= 0.6 is 11.8 Å². The van der Waals surface area contributed by atoms with Crippen molar-refractivity contribution in [3.05, 3.63) is 34.4 Å². The smallest absolute Gasteiger partial charge is 0.342 e. The number of hydrogen-bond acceptors (Lipinski definition) is 4. The lowest BCUT2D eigenvalue weighted by Crippen LogP contribution is -2.08. The molecule has 0 amide bonds. The van der Waals surface area contributed by atoms with Crippen LogP contribution < -0.4 is 5.73 Å². The SMILES string of the molecule is CSc1nn(-c2c(C)cc(C)cc2C)c(N)c1C(=O)O. The predicted octanol–water partition coefficient (Wildman–Crippen LogP) is 2.80. The third-order valence-corrected chi connectivity index (χ3v) is 3.82. The molecule has 2 rings (SSSR count). The number of thioether (sulfide) groups is 1. The predicted molar refractivity (Wildman–Crippen MR) is 80.9 cm³/mol. The lowest BCUT2D eigenvalue weighted by Gasteiger charge is -2.12. The lowest BCUT2D eigenvalue weighted by molar-refractivity contribution is 0.0694. The number of aryl methyl sites for hydroxylation is 3. The summed E-state index contributed by atoms with van der Waals surface area (Å²) in [5, 5.41) is 14.0. The number of nitrogens with zero attached hydrogens (tertiary/aromatic N) is 2. The fourth-order valence-corrected chi connectivity index (χ4v) is 2.99. The number of aromatic nitrogens is 2. The van der Waals surface area contributed by atoms with Gasteiger partial charge in [-0.3, -0.25) is 0 Å². The van der Waals surface area contributed by atoms with Gasteiger partial charge in [-0.25, -0.2) is 9.48 Å². The maximum atomic E-state index is 11.3. The van der Waals surface area contributed by atoms with Gasteiger partial charge in [0, 0.05) is 0 Å². The second-order valence-electron chi connectivity index (χ2n) is 4.73. The van der Waals surface area contributed by atoms with E-state index in [1.165, 1.54) is 16.4 Å². The zero-order chi connectivity index (χ0) is 15.0. The number of benzene rings is 1. The van der Waals surface area contributed by atoms with E-state index in [2.05, 4.69) is 5.10 Å². The molecule has 1 aromatic heterocycles.